The van der Waals surface area contributed by atoms with Gasteiger partial charge in [0.05, 0.1) is 35.5 Å². The van der Waals surface area contributed by atoms with Gasteiger partial charge in [0.25, 0.3) is 5.92 Å². The van der Waals surface area contributed by atoms with E-state index in [2.05, 4.69) is 15.4 Å². The molecule has 3 heterocycles. The van der Waals surface area contributed by atoms with Crippen molar-refractivity contribution in [3.05, 3.63) is 23.0 Å². The molecule has 0 saturated carbocycles. The summed E-state index contributed by atoms with van der Waals surface area (Å²) in [5.41, 5.74) is 0.730. The Balaban J connectivity index is 1.90. The van der Waals surface area contributed by atoms with Crippen LogP contribution in [0.2, 0.25) is 5.02 Å². The predicted octanol–water partition coefficient (Wildman–Crippen LogP) is 3.27. The quantitative estimate of drug-likeness (QED) is 0.773. The summed E-state index contributed by atoms with van der Waals surface area (Å²) in [5, 5.41) is 7.75. The fraction of sp³-hybridized carbons (Fsp3) is 0.588. The van der Waals surface area contributed by atoms with Gasteiger partial charge in [-0.1, -0.05) is 18.5 Å². The molecule has 1 N–H and O–H groups in total. The Morgan fingerprint density at radius 3 is 2.96 bits per heavy atom. The van der Waals surface area contributed by atoms with Gasteiger partial charge in [-0.15, -0.1) is 5.10 Å². The summed E-state index contributed by atoms with van der Waals surface area (Å²) in [7, 11) is 0. The van der Waals surface area contributed by atoms with E-state index in [1.54, 1.807) is 0 Å². The Bertz CT molecular complexity index is 839. The van der Waals surface area contributed by atoms with E-state index in [1.807, 2.05) is 0 Å². The molecule has 3 atom stereocenters. The van der Waals surface area contributed by atoms with Gasteiger partial charge in [-0.3, -0.25) is 4.79 Å². The normalized spacial score (nSPS) is 21.9. The van der Waals surface area contributed by atoms with Crippen LogP contribution in [0.1, 0.15) is 38.8 Å². The second-order valence-corrected chi connectivity index (χ2v) is 7.14. The molecule has 0 aliphatic carbocycles. The SMILES string of the molecule is CC(=O)O[C@@H]1COCC[C@H]1Nc1ncc2c(Cl)cc(C(C)C(C)(F)F)n2n1. The predicted molar refractivity (Wildman–Crippen MR) is 95.4 cm³/mol. The van der Waals surface area contributed by atoms with Gasteiger partial charge in [0.2, 0.25) is 5.95 Å². The van der Waals surface area contributed by atoms with Crippen molar-refractivity contribution >= 4 is 29.0 Å². The molecule has 0 aromatic carbocycles. The zero-order chi connectivity index (χ0) is 19.8. The zero-order valence-electron chi connectivity index (χ0n) is 15.2. The number of hydrogen-bond donors (Lipinski definition) is 1. The molecule has 1 unspecified atom stereocenters. The molecular weight excluding hydrogens is 382 g/mol. The average molecular weight is 403 g/mol. The lowest BCUT2D eigenvalue weighted by Crippen LogP contribution is -2.44. The summed E-state index contributed by atoms with van der Waals surface area (Å²) in [4.78, 5) is 15.5. The molecule has 1 aliphatic heterocycles. The maximum absolute atomic E-state index is 13.8. The van der Waals surface area contributed by atoms with Crippen molar-refractivity contribution in [2.24, 2.45) is 0 Å². The lowest BCUT2D eigenvalue weighted by molar-refractivity contribution is -0.153. The fourth-order valence-electron chi connectivity index (χ4n) is 2.98. The van der Waals surface area contributed by atoms with E-state index >= 15 is 0 Å². The lowest BCUT2D eigenvalue weighted by atomic mass is 10.0. The second-order valence-electron chi connectivity index (χ2n) is 6.74. The molecule has 148 valence electrons. The Labute approximate surface area is 160 Å². The molecule has 1 saturated heterocycles. The monoisotopic (exact) mass is 402 g/mol. The summed E-state index contributed by atoms with van der Waals surface area (Å²) < 4.78 is 39.6. The first-order valence-corrected chi connectivity index (χ1v) is 8.98. The van der Waals surface area contributed by atoms with E-state index < -0.39 is 23.9 Å². The van der Waals surface area contributed by atoms with Gasteiger partial charge in [0, 0.05) is 20.5 Å². The van der Waals surface area contributed by atoms with E-state index in [0.717, 1.165) is 6.92 Å². The van der Waals surface area contributed by atoms with Gasteiger partial charge in [0.15, 0.2) is 0 Å². The van der Waals surface area contributed by atoms with Crippen LogP contribution in [-0.2, 0) is 14.3 Å². The van der Waals surface area contributed by atoms with Crippen molar-refractivity contribution in [2.75, 3.05) is 18.5 Å². The highest BCUT2D eigenvalue weighted by Crippen LogP contribution is 2.35. The Morgan fingerprint density at radius 2 is 2.30 bits per heavy atom. The molecule has 2 aromatic heterocycles. The maximum atomic E-state index is 13.8. The molecule has 2 aromatic rings. The van der Waals surface area contributed by atoms with Gasteiger partial charge in [-0.25, -0.2) is 18.3 Å². The Kier molecular flexibility index (Phi) is 5.53. The number of carbonyl (C=O) groups is 1. The highest BCUT2D eigenvalue weighted by atomic mass is 35.5. The van der Waals surface area contributed by atoms with Gasteiger partial charge >= 0.3 is 5.97 Å². The van der Waals surface area contributed by atoms with E-state index in [0.29, 0.717) is 23.6 Å². The van der Waals surface area contributed by atoms with E-state index in [9.17, 15) is 13.6 Å². The topological polar surface area (TPSA) is 77.8 Å². The summed E-state index contributed by atoms with van der Waals surface area (Å²) in [6, 6.07) is 1.23. The van der Waals surface area contributed by atoms with Crippen LogP contribution < -0.4 is 5.32 Å². The highest BCUT2D eigenvalue weighted by molar-refractivity contribution is 6.34. The van der Waals surface area contributed by atoms with Crippen LogP contribution >= 0.6 is 11.6 Å². The number of fused-ring (bicyclic) bond motifs is 1. The van der Waals surface area contributed by atoms with E-state index in [1.165, 1.54) is 30.6 Å². The second kappa shape index (κ2) is 7.55. The smallest absolute Gasteiger partial charge is 0.303 e. The number of carbonyl (C=O) groups excluding carboxylic acids is 1. The van der Waals surface area contributed by atoms with Crippen LogP contribution in [0.3, 0.4) is 0 Å². The summed E-state index contributed by atoms with van der Waals surface area (Å²) >= 11 is 6.16. The van der Waals surface area contributed by atoms with Crippen molar-refractivity contribution in [1.82, 2.24) is 14.6 Å². The van der Waals surface area contributed by atoms with Crippen LogP contribution in [0.25, 0.3) is 5.52 Å². The average Bonchev–Trinajstić information content (AvgIpc) is 2.91. The maximum Gasteiger partial charge on any atom is 0.303 e. The third kappa shape index (κ3) is 4.30. The zero-order valence-corrected chi connectivity index (χ0v) is 16.0. The fourth-order valence-corrected chi connectivity index (χ4v) is 3.22. The minimum Gasteiger partial charge on any atom is -0.458 e. The van der Waals surface area contributed by atoms with Crippen molar-refractivity contribution < 1.29 is 23.0 Å². The molecule has 0 bridgehead atoms. The molecule has 7 nitrogen and oxygen atoms in total. The number of nitrogens with one attached hydrogen (secondary N) is 1. The van der Waals surface area contributed by atoms with Crippen molar-refractivity contribution in [3.8, 4) is 0 Å². The number of aromatic nitrogens is 3. The third-order valence-corrected chi connectivity index (χ3v) is 4.94. The summed E-state index contributed by atoms with van der Waals surface area (Å²) in [5.74, 6) is -4.20. The Hall–Kier alpha value is -2.00. The molecule has 0 spiro atoms. The number of ether oxygens (including phenoxy) is 2. The number of esters is 1. The minimum absolute atomic E-state index is 0.228. The summed E-state index contributed by atoms with van der Waals surface area (Å²) in [6.45, 7) is 4.37. The van der Waals surface area contributed by atoms with E-state index in [-0.39, 0.29) is 24.3 Å². The summed E-state index contributed by atoms with van der Waals surface area (Å²) in [6.07, 6.45) is 1.58. The first kappa shape index (κ1) is 19.8. The van der Waals surface area contributed by atoms with Crippen LogP contribution in [0.15, 0.2) is 12.3 Å². The Morgan fingerprint density at radius 1 is 1.56 bits per heavy atom. The molecule has 0 amide bonds. The lowest BCUT2D eigenvalue weighted by Gasteiger charge is -2.31. The number of nitrogens with zero attached hydrogens (tertiary/aromatic N) is 3. The molecule has 0 radical (unpaired) electrons. The largest absolute Gasteiger partial charge is 0.458 e. The highest BCUT2D eigenvalue weighted by Gasteiger charge is 2.34. The van der Waals surface area contributed by atoms with Gasteiger partial charge in [-0.2, -0.15) is 0 Å². The van der Waals surface area contributed by atoms with Crippen molar-refractivity contribution in [3.63, 3.8) is 0 Å². The van der Waals surface area contributed by atoms with Crippen LogP contribution in [0, 0.1) is 0 Å². The first-order chi connectivity index (χ1) is 12.7. The number of alkyl halides is 2. The van der Waals surface area contributed by atoms with Crippen LogP contribution in [0.4, 0.5) is 14.7 Å². The van der Waals surface area contributed by atoms with Gasteiger partial charge in [0.1, 0.15) is 11.6 Å². The van der Waals surface area contributed by atoms with Gasteiger partial charge in [-0.05, 0) is 12.5 Å². The minimum atomic E-state index is -2.93. The number of rotatable bonds is 5. The van der Waals surface area contributed by atoms with E-state index in [4.69, 9.17) is 21.1 Å². The number of anilines is 1. The van der Waals surface area contributed by atoms with Crippen molar-refractivity contribution in [2.45, 2.75) is 51.2 Å². The van der Waals surface area contributed by atoms with Gasteiger partial charge < -0.3 is 14.8 Å². The molecular formula is C17H21ClF2N4O3. The molecule has 27 heavy (non-hydrogen) atoms. The number of hydrogen-bond acceptors (Lipinski definition) is 6. The number of halogens is 3. The van der Waals surface area contributed by atoms with Crippen LogP contribution in [0.5, 0.6) is 0 Å². The molecule has 1 fully saturated rings. The molecule has 1 aliphatic rings. The molecule has 3 rings (SSSR count). The van der Waals surface area contributed by atoms with Crippen LogP contribution in [-0.4, -0.2) is 51.8 Å². The molecule has 10 heteroatoms. The van der Waals surface area contributed by atoms with Crippen molar-refractivity contribution in [1.29, 1.82) is 0 Å². The standard InChI is InChI=1S/C17H21ClF2N4O3/c1-9(17(3,19)20)13-6-11(18)14-7-21-16(23-24(13)14)22-12-4-5-26-8-15(12)27-10(2)25/h6-7,9,12,15H,4-5,8H2,1-3H3,(H,22,23)/t9?,12-,15-/m1/s1. The third-order valence-electron chi connectivity index (χ3n) is 4.64. The first-order valence-electron chi connectivity index (χ1n) is 8.60.